The van der Waals surface area contributed by atoms with Gasteiger partial charge in [0.2, 0.25) is 0 Å². The van der Waals surface area contributed by atoms with E-state index in [-0.39, 0.29) is 13.2 Å². The predicted molar refractivity (Wildman–Crippen MR) is 76.8 cm³/mol. The van der Waals surface area contributed by atoms with Crippen LogP contribution in [0.2, 0.25) is 0 Å². The highest BCUT2D eigenvalue weighted by molar-refractivity contribution is 7.17. The molecule has 0 amide bonds. The van der Waals surface area contributed by atoms with Crippen LogP contribution in [0.25, 0.3) is 10.1 Å². The van der Waals surface area contributed by atoms with Gasteiger partial charge < -0.3 is 18.9 Å². The normalized spacial score (nSPS) is 10.2. The number of methoxy groups -OCH3 is 2. The van der Waals surface area contributed by atoms with Crippen molar-refractivity contribution in [1.82, 2.24) is 0 Å². The Kier molecular flexibility index (Phi) is 4.99. The first-order valence-corrected chi connectivity index (χ1v) is 6.92. The van der Waals surface area contributed by atoms with E-state index in [0.29, 0.717) is 11.5 Å². The van der Waals surface area contributed by atoms with Gasteiger partial charge in [0.25, 0.3) is 0 Å². The van der Waals surface area contributed by atoms with Crippen LogP contribution in [0.15, 0.2) is 23.6 Å². The molecule has 0 unspecified atom stereocenters. The first-order chi connectivity index (χ1) is 10.1. The van der Waals surface area contributed by atoms with E-state index in [1.165, 1.54) is 25.6 Å². The highest BCUT2D eigenvalue weighted by Gasteiger charge is 2.12. The molecule has 0 N–H and O–H groups in total. The quantitative estimate of drug-likeness (QED) is 0.760. The van der Waals surface area contributed by atoms with E-state index in [0.717, 1.165) is 10.1 Å². The SMILES string of the molecule is COC(=O)COc1cc2ccsc2cc1OCC(=O)OC. The molecule has 0 saturated carbocycles. The van der Waals surface area contributed by atoms with Crippen molar-refractivity contribution in [1.29, 1.82) is 0 Å². The maximum absolute atomic E-state index is 11.2. The summed E-state index contributed by atoms with van der Waals surface area (Å²) in [6, 6.07) is 5.44. The molecule has 0 aliphatic carbocycles. The number of carbonyl (C=O) groups excluding carboxylic acids is 2. The van der Waals surface area contributed by atoms with Crippen LogP contribution in [-0.2, 0) is 19.1 Å². The topological polar surface area (TPSA) is 71.1 Å². The van der Waals surface area contributed by atoms with Crippen LogP contribution >= 0.6 is 11.3 Å². The molecule has 21 heavy (non-hydrogen) atoms. The third-order valence-corrected chi connectivity index (χ3v) is 3.54. The number of carbonyl (C=O) groups is 2. The zero-order valence-electron chi connectivity index (χ0n) is 11.6. The van der Waals surface area contributed by atoms with Crippen LogP contribution in [0.3, 0.4) is 0 Å². The standard InChI is InChI=1S/C14H14O6S/c1-17-13(15)7-19-10-5-9-3-4-21-12(9)6-11(10)20-8-14(16)18-2/h3-6H,7-8H2,1-2H3. The summed E-state index contributed by atoms with van der Waals surface area (Å²) >= 11 is 1.54. The second-order valence-corrected chi connectivity index (χ2v) is 4.93. The Morgan fingerprint density at radius 2 is 1.57 bits per heavy atom. The lowest BCUT2D eigenvalue weighted by molar-refractivity contribution is -0.144. The van der Waals surface area contributed by atoms with Crippen molar-refractivity contribution >= 4 is 33.4 Å². The molecule has 1 aromatic carbocycles. The van der Waals surface area contributed by atoms with E-state index in [4.69, 9.17) is 9.47 Å². The summed E-state index contributed by atoms with van der Waals surface area (Å²) < 4.78 is 20.8. The summed E-state index contributed by atoms with van der Waals surface area (Å²) in [6.07, 6.45) is 0. The van der Waals surface area contributed by atoms with Gasteiger partial charge in [0.1, 0.15) is 0 Å². The molecule has 1 heterocycles. The molecule has 0 bridgehead atoms. The smallest absolute Gasteiger partial charge is 0.343 e. The average molecular weight is 310 g/mol. The Balaban J connectivity index is 2.21. The highest BCUT2D eigenvalue weighted by Crippen LogP contribution is 2.35. The average Bonchev–Trinajstić information content (AvgIpc) is 2.96. The lowest BCUT2D eigenvalue weighted by Gasteiger charge is -2.12. The molecular formula is C14H14O6S. The van der Waals surface area contributed by atoms with Gasteiger partial charge in [-0.05, 0) is 22.9 Å². The fourth-order valence-electron chi connectivity index (χ4n) is 1.59. The molecule has 0 radical (unpaired) electrons. The van der Waals surface area contributed by atoms with Crippen molar-refractivity contribution in [3.8, 4) is 11.5 Å². The highest BCUT2D eigenvalue weighted by atomic mass is 32.1. The lowest BCUT2D eigenvalue weighted by atomic mass is 10.2. The summed E-state index contributed by atoms with van der Waals surface area (Å²) in [5.41, 5.74) is 0. The summed E-state index contributed by atoms with van der Waals surface area (Å²) in [4.78, 5) is 22.3. The first-order valence-electron chi connectivity index (χ1n) is 6.04. The number of ether oxygens (including phenoxy) is 4. The molecule has 1 aromatic heterocycles. The Morgan fingerprint density at radius 1 is 1.00 bits per heavy atom. The van der Waals surface area contributed by atoms with Gasteiger partial charge in [0, 0.05) is 10.8 Å². The van der Waals surface area contributed by atoms with Crippen LogP contribution < -0.4 is 9.47 Å². The number of esters is 2. The largest absolute Gasteiger partial charge is 0.478 e. The summed E-state index contributed by atoms with van der Waals surface area (Å²) in [7, 11) is 2.56. The van der Waals surface area contributed by atoms with Gasteiger partial charge in [-0.15, -0.1) is 11.3 Å². The van der Waals surface area contributed by atoms with Crippen molar-refractivity contribution in [2.75, 3.05) is 27.4 Å². The molecule has 0 aliphatic rings. The number of hydrogen-bond acceptors (Lipinski definition) is 7. The van der Waals surface area contributed by atoms with Crippen molar-refractivity contribution in [3.05, 3.63) is 23.6 Å². The van der Waals surface area contributed by atoms with E-state index >= 15 is 0 Å². The van der Waals surface area contributed by atoms with Gasteiger partial charge in [-0.25, -0.2) is 9.59 Å². The lowest BCUT2D eigenvalue weighted by Crippen LogP contribution is -2.15. The molecule has 7 heteroatoms. The van der Waals surface area contributed by atoms with E-state index < -0.39 is 11.9 Å². The number of benzene rings is 1. The van der Waals surface area contributed by atoms with Crippen molar-refractivity contribution in [3.63, 3.8) is 0 Å². The van der Waals surface area contributed by atoms with E-state index in [9.17, 15) is 9.59 Å². The molecule has 2 aromatic rings. The summed E-state index contributed by atoms with van der Waals surface area (Å²) in [5, 5.41) is 2.89. The first kappa shape index (κ1) is 15.1. The van der Waals surface area contributed by atoms with Crippen LogP contribution in [0.4, 0.5) is 0 Å². The fraction of sp³-hybridized carbons (Fsp3) is 0.286. The van der Waals surface area contributed by atoms with Gasteiger partial charge in [-0.1, -0.05) is 0 Å². The number of hydrogen-bond donors (Lipinski definition) is 0. The third-order valence-electron chi connectivity index (χ3n) is 2.67. The van der Waals surface area contributed by atoms with E-state index in [2.05, 4.69) is 9.47 Å². The van der Waals surface area contributed by atoms with Gasteiger partial charge in [0.15, 0.2) is 24.7 Å². The summed E-state index contributed by atoms with van der Waals surface area (Å²) in [6.45, 7) is -0.470. The Morgan fingerprint density at radius 3 is 2.14 bits per heavy atom. The van der Waals surface area contributed by atoms with Crippen LogP contribution in [0.1, 0.15) is 0 Å². The van der Waals surface area contributed by atoms with Crippen LogP contribution in [-0.4, -0.2) is 39.4 Å². The second-order valence-electron chi connectivity index (χ2n) is 3.99. The molecule has 0 aliphatic heterocycles. The number of fused-ring (bicyclic) bond motifs is 1. The Hall–Kier alpha value is -2.28. The Bertz CT molecular complexity index is 594. The van der Waals surface area contributed by atoms with E-state index in [1.807, 2.05) is 11.4 Å². The van der Waals surface area contributed by atoms with Crippen molar-refractivity contribution in [2.24, 2.45) is 0 Å². The maximum atomic E-state index is 11.2. The minimum Gasteiger partial charge on any atom is -0.478 e. The molecule has 2 rings (SSSR count). The van der Waals surface area contributed by atoms with Gasteiger partial charge >= 0.3 is 11.9 Å². The van der Waals surface area contributed by atoms with Crippen molar-refractivity contribution in [2.45, 2.75) is 0 Å². The van der Waals surface area contributed by atoms with Gasteiger partial charge in [-0.2, -0.15) is 0 Å². The molecular weight excluding hydrogens is 296 g/mol. The Labute approximate surface area is 125 Å². The number of rotatable bonds is 6. The van der Waals surface area contributed by atoms with Crippen LogP contribution in [0, 0.1) is 0 Å². The maximum Gasteiger partial charge on any atom is 0.343 e. The van der Waals surface area contributed by atoms with E-state index in [1.54, 1.807) is 12.1 Å². The fourth-order valence-corrected chi connectivity index (χ4v) is 2.39. The molecule has 112 valence electrons. The van der Waals surface area contributed by atoms with Crippen molar-refractivity contribution < 1.29 is 28.5 Å². The molecule has 6 nitrogen and oxygen atoms in total. The predicted octanol–water partition coefficient (Wildman–Crippen LogP) is 2.00. The molecule has 0 atom stereocenters. The third kappa shape index (κ3) is 3.85. The zero-order valence-corrected chi connectivity index (χ0v) is 12.4. The minimum atomic E-state index is -0.501. The molecule has 0 fully saturated rings. The minimum absolute atomic E-state index is 0.234. The second kappa shape index (κ2) is 6.94. The molecule has 0 spiro atoms. The summed E-state index contributed by atoms with van der Waals surface area (Å²) in [5.74, 6) is -0.256. The monoisotopic (exact) mass is 310 g/mol. The van der Waals surface area contributed by atoms with Gasteiger partial charge in [-0.3, -0.25) is 0 Å². The number of thiophene rings is 1. The zero-order chi connectivity index (χ0) is 15.2. The van der Waals surface area contributed by atoms with Crippen LogP contribution in [0.5, 0.6) is 11.5 Å². The van der Waals surface area contributed by atoms with Gasteiger partial charge in [0.05, 0.1) is 14.2 Å². The molecule has 0 saturated heterocycles.